The topological polar surface area (TPSA) is 40.5 Å². The summed E-state index contributed by atoms with van der Waals surface area (Å²) < 4.78 is 12.5. The normalized spacial score (nSPS) is 20.2. The third-order valence-corrected chi connectivity index (χ3v) is 2.76. The highest BCUT2D eigenvalue weighted by atomic mass is 16.5. The Morgan fingerprint density at radius 3 is 3.19 bits per heavy atom. The van der Waals surface area contributed by atoms with Crippen molar-refractivity contribution in [3.63, 3.8) is 0 Å². The molecule has 0 N–H and O–H groups in total. The van der Waals surface area contributed by atoms with Gasteiger partial charge in [0.25, 0.3) is 0 Å². The van der Waals surface area contributed by atoms with Crippen LogP contribution in [0.3, 0.4) is 0 Å². The predicted molar refractivity (Wildman–Crippen MR) is 59.5 cm³/mol. The van der Waals surface area contributed by atoms with Gasteiger partial charge in [-0.25, -0.2) is 0 Å². The number of aromatic nitrogens is 1. The lowest BCUT2D eigenvalue weighted by Crippen LogP contribution is -2.15. The standard InChI is InChI=1S/C12H17NO3/c1-13-4-2-11(6-13)12(14)9-16-8-10-3-5-15-7-10/h2,4,6,10H,3,5,7-9H2,1H3. The summed E-state index contributed by atoms with van der Waals surface area (Å²) in [6, 6.07) is 1.81. The van der Waals surface area contributed by atoms with E-state index < -0.39 is 0 Å². The molecular formula is C12H17NO3. The van der Waals surface area contributed by atoms with Crippen molar-refractivity contribution >= 4 is 5.78 Å². The van der Waals surface area contributed by atoms with Gasteiger partial charge in [-0.05, 0) is 12.5 Å². The second-order valence-electron chi connectivity index (χ2n) is 4.23. The zero-order valence-electron chi connectivity index (χ0n) is 9.52. The van der Waals surface area contributed by atoms with Gasteiger partial charge in [0, 0.05) is 37.5 Å². The molecule has 1 fully saturated rings. The summed E-state index contributed by atoms with van der Waals surface area (Å²) in [4.78, 5) is 11.7. The summed E-state index contributed by atoms with van der Waals surface area (Å²) in [6.45, 7) is 2.37. The lowest BCUT2D eigenvalue weighted by Gasteiger charge is -2.07. The Labute approximate surface area is 95.2 Å². The largest absolute Gasteiger partial charge is 0.381 e. The van der Waals surface area contributed by atoms with E-state index in [0.717, 1.165) is 19.6 Å². The van der Waals surface area contributed by atoms with Crippen molar-refractivity contribution < 1.29 is 14.3 Å². The molecular weight excluding hydrogens is 206 g/mol. The number of carbonyl (C=O) groups is 1. The number of aryl methyl sites for hydroxylation is 1. The van der Waals surface area contributed by atoms with Crippen molar-refractivity contribution in [2.45, 2.75) is 6.42 Å². The van der Waals surface area contributed by atoms with Gasteiger partial charge in [0.05, 0.1) is 13.2 Å². The maximum absolute atomic E-state index is 11.7. The first kappa shape index (κ1) is 11.4. The molecule has 1 aliphatic rings. The fraction of sp³-hybridized carbons (Fsp3) is 0.583. The van der Waals surface area contributed by atoms with Crippen molar-refractivity contribution in [1.82, 2.24) is 4.57 Å². The first-order valence-corrected chi connectivity index (χ1v) is 5.56. The van der Waals surface area contributed by atoms with E-state index in [1.165, 1.54) is 0 Å². The van der Waals surface area contributed by atoms with Gasteiger partial charge in [0.15, 0.2) is 5.78 Å². The molecule has 0 amide bonds. The molecule has 0 bridgehead atoms. The summed E-state index contributed by atoms with van der Waals surface area (Å²) in [5.74, 6) is 0.503. The first-order chi connectivity index (χ1) is 7.75. The minimum absolute atomic E-state index is 0.0412. The molecule has 16 heavy (non-hydrogen) atoms. The quantitative estimate of drug-likeness (QED) is 0.706. The summed E-state index contributed by atoms with van der Waals surface area (Å²) in [6.07, 6.45) is 4.71. The van der Waals surface area contributed by atoms with Crippen molar-refractivity contribution in [2.75, 3.05) is 26.4 Å². The summed E-state index contributed by atoms with van der Waals surface area (Å²) in [5.41, 5.74) is 0.713. The molecule has 1 unspecified atom stereocenters. The highest BCUT2D eigenvalue weighted by Gasteiger charge is 2.16. The van der Waals surface area contributed by atoms with Crippen molar-refractivity contribution in [2.24, 2.45) is 13.0 Å². The Morgan fingerprint density at radius 1 is 1.69 bits per heavy atom. The van der Waals surface area contributed by atoms with E-state index >= 15 is 0 Å². The van der Waals surface area contributed by atoms with E-state index in [9.17, 15) is 4.79 Å². The lowest BCUT2D eigenvalue weighted by atomic mass is 10.1. The maximum Gasteiger partial charge on any atom is 0.189 e. The number of hydrogen-bond acceptors (Lipinski definition) is 3. The van der Waals surface area contributed by atoms with Crippen molar-refractivity contribution in [3.8, 4) is 0 Å². The molecule has 1 saturated heterocycles. The van der Waals surface area contributed by atoms with Gasteiger partial charge >= 0.3 is 0 Å². The molecule has 88 valence electrons. The van der Waals surface area contributed by atoms with Crippen LogP contribution in [-0.2, 0) is 16.5 Å². The highest BCUT2D eigenvalue weighted by Crippen LogP contribution is 2.12. The Morgan fingerprint density at radius 2 is 2.56 bits per heavy atom. The molecule has 0 aromatic carbocycles. The van der Waals surface area contributed by atoms with E-state index in [1.807, 2.05) is 30.1 Å². The minimum atomic E-state index is 0.0412. The van der Waals surface area contributed by atoms with Crippen molar-refractivity contribution in [1.29, 1.82) is 0 Å². The second kappa shape index (κ2) is 5.27. The average Bonchev–Trinajstić information content (AvgIpc) is 2.89. The Hall–Kier alpha value is -1.13. The number of Topliss-reactive ketones (excluding diaryl/α,β-unsaturated/α-hetero) is 1. The van der Waals surface area contributed by atoms with Crippen LogP contribution in [0.4, 0.5) is 0 Å². The van der Waals surface area contributed by atoms with Gasteiger partial charge in [0.1, 0.15) is 6.61 Å². The molecule has 2 heterocycles. The number of hydrogen-bond donors (Lipinski definition) is 0. The molecule has 0 aliphatic carbocycles. The molecule has 1 aliphatic heterocycles. The summed E-state index contributed by atoms with van der Waals surface area (Å²) >= 11 is 0. The fourth-order valence-electron chi connectivity index (χ4n) is 1.78. The fourth-order valence-corrected chi connectivity index (χ4v) is 1.78. The molecule has 0 saturated carbocycles. The van der Waals surface area contributed by atoms with Crippen LogP contribution in [0, 0.1) is 5.92 Å². The van der Waals surface area contributed by atoms with Crippen LogP contribution >= 0.6 is 0 Å². The van der Waals surface area contributed by atoms with Crippen molar-refractivity contribution in [3.05, 3.63) is 24.0 Å². The Balaban J connectivity index is 1.71. The summed E-state index contributed by atoms with van der Waals surface area (Å²) in [5, 5.41) is 0. The second-order valence-corrected chi connectivity index (χ2v) is 4.23. The van der Waals surface area contributed by atoms with Gasteiger partial charge in [-0.1, -0.05) is 0 Å². The van der Waals surface area contributed by atoms with Crippen LogP contribution in [-0.4, -0.2) is 36.8 Å². The average molecular weight is 223 g/mol. The monoisotopic (exact) mass is 223 g/mol. The predicted octanol–water partition coefficient (Wildman–Crippen LogP) is 1.26. The molecule has 1 aromatic heterocycles. The van der Waals surface area contributed by atoms with Crippen LogP contribution in [0.1, 0.15) is 16.8 Å². The third kappa shape index (κ3) is 2.93. The molecule has 2 rings (SSSR count). The van der Waals surface area contributed by atoms with E-state index in [0.29, 0.717) is 18.1 Å². The van der Waals surface area contributed by atoms with Crippen LogP contribution in [0.5, 0.6) is 0 Å². The van der Waals surface area contributed by atoms with E-state index in [4.69, 9.17) is 9.47 Å². The lowest BCUT2D eigenvalue weighted by molar-refractivity contribution is 0.0652. The summed E-state index contributed by atoms with van der Waals surface area (Å²) in [7, 11) is 1.90. The van der Waals surface area contributed by atoms with Gasteiger partial charge in [-0.3, -0.25) is 4.79 Å². The number of ether oxygens (including phenoxy) is 2. The Bertz CT molecular complexity index is 353. The number of ketones is 1. The molecule has 0 spiro atoms. The van der Waals surface area contributed by atoms with Gasteiger partial charge in [0.2, 0.25) is 0 Å². The SMILES string of the molecule is Cn1ccc(C(=O)COCC2CCOC2)c1. The van der Waals surface area contributed by atoms with E-state index in [-0.39, 0.29) is 12.4 Å². The molecule has 4 nitrogen and oxygen atoms in total. The van der Waals surface area contributed by atoms with Gasteiger partial charge in [-0.15, -0.1) is 0 Å². The van der Waals surface area contributed by atoms with Crippen LogP contribution in [0.25, 0.3) is 0 Å². The third-order valence-electron chi connectivity index (χ3n) is 2.76. The van der Waals surface area contributed by atoms with Gasteiger partial charge in [-0.2, -0.15) is 0 Å². The zero-order chi connectivity index (χ0) is 11.4. The maximum atomic E-state index is 11.7. The van der Waals surface area contributed by atoms with E-state index in [2.05, 4.69) is 0 Å². The van der Waals surface area contributed by atoms with Gasteiger partial charge < -0.3 is 14.0 Å². The van der Waals surface area contributed by atoms with Crippen LogP contribution in [0.2, 0.25) is 0 Å². The minimum Gasteiger partial charge on any atom is -0.381 e. The number of carbonyl (C=O) groups excluding carboxylic acids is 1. The van der Waals surface area contributed by atoms with Crippen LogP contribution in [0.15, 0.2) is 18.5 Å². The molecule has 1 atom stereocenters. The smallest absolute Gasteiger partial charge is 0.189 e. The first-order valence-electron chi connectivity index (χ1n) is 5.56. The number of nitrogens with zero attached hydrogens (tertiary/aromatic N) is 1. The highest BCUT2D eigenvalue weighted by molar-refractivity contribution is 5.96. The molecule has 0 radical (unpaired) electrons. The van der Waals surface area contributed by atoms with Crippen LogP contribution < -0.4 is 0 Å². The molecule has 1 aromatic rings. The molecule has 4 heteroatoms. The zero-order valence-corrected chi connectivity index (χ0v) is 9.52. The number of rotatable bonds is 5. The Kier molecular flexibility index (Phi) is 3.74. The van der Waals surface area contributed by atoms with E-state index in [1.54, 1.807) is 0 Å².